The lowest BCUT2D eigenvalue weighted by Gasteiger charge is -2.34. The van der Waals surface area contributed by atoms with Crippen LogP contribution in [0, 0.1) is 5.92 Å². The van der Waals surface area contributed by atoms with Gasteiger partial charge in [0.1, 0.15) is 0 Å². The van der Waals surface area contributed by atoms with Crippen LogP contribution in [0.15, 0.2) is 12.1 Å². The zero-order valence-electron chi connectivity index (χ0n) is 10.8. The van der Waals surface area contributed by atoms with Gasteiger partial charge in [-0.3, -0.25) is 0 Å². The lowest BCUT2D eigenvalue weighted by Crippen LogP contribution is -2.34. The number of rotatable bonds is 3. The molecule has 0 unspecified atom stereocenters. The summed E-state index contributed by atoms with van der Waals surface area (Å²) in [5.74, 6) is 0.871. The van der Waals surface area contributed by atoms with Crippen LogP contribution in [-0.2, 0) is 0 Å². The van der Waals surface area contributed by atoms with E-state index in [1.54, 1.807) is 6.07 Å². The highest BCUT2D eigenvalue weighted by molar-refractivity contribution is 6.42. The predicted molar refractivity (Wildman–Crippen MR) is 80.7 cm³/mol. The summed E-state index contributed by atoms with van der Waals surface area (Å²) in [7, 11) is 0. The highest BCUT2D eigenvalue weighted by Crippen LogP contribution is 2.35. The number of hydrogen-bond acceptors (Lipinski definition) is 2. The van der Waals surface area contributed by atoms with Crippen LogP contribution in [0.1, 0.15) is 32.6 Å². The van der Waals surface area contributed by atoms with Gasteiger partial charge in [-0.15, -0.1) is 0 Å². The van der Waals surface area contributed by atoms with Gasteiger partial charge in [-0.2, -0.15) is 0 Å². The van der Waals surface area contributed by atoms with Gasteiger partial charge in [-0.1, -0.05) is 43.0 Å². The number of nitrogens with two attached hydrogens (primary N) is 1. The van der Waals surface area contributed by atoms with Crippen LogP contribution in [0.4, 0.5) is 11.4 Å². The van der Waals surface area contributed by atoms with Crippen molar-refractivity contribution in [2.24, 2.45) is 5.92 Å². The fourth-order valence-corrected chi connectivity index (χ4v) is 3.03. The Morgan fingerprint density at radius 3 is 2.44 bits per heavy atom. The number of hydrogen-bond donors (Lipinski definition) is 1. The number of piperidine rings is 1. The Labute approximate surface area is 119 Å². The molecule has 1 aliphatic heterocycles. The van der Waals surface area contributed by atoms with Crippen LogP contribution in [-0.4, -0.2) is 13.1 Å². The normalized spacial score (nSPS) is 17.2. The Morgan fingerprint density at radius 1 is 1.22 bits per heavy atom. The minimum Gasteiger partial charge on any atom is -0.397 e. The van der Waals surface area contributed by atoms with Crippen molar-refractivity contribution < 1.29 is 0 Å². The maximum atomic E-state index is 6.07. The topological polar surface area (TPSA) is 29.3 Å². The smallest absolute Gasteiger partial charge is 0.0615 e. The second-order valence-corrected chi connectivity index (χ2v) is 5.86. The third kappa shape index (κ3) is 3.04. The Balaban J connectivity index is 2.07. The summed E-state index contributed by atoms with van der Waals surface area (Å²) in [5.41, 5.74) is 7.78. The summed E-state index contributed by atoms with van der Waals surface area (Å²) in [6.45, 7) is 4.38. The largest absolute Gasteiger partial charge is 0.397 e. The molecule has 2 nitrogen and oxygen atoms in total. The number of halogens is 2. The molecule has 1 fully saturated rings. The zero-order chi connectivity index (χ0) is 13.1. The highest BCUT2D eigenvalue weighted by atomic mass is 35.5. The van der Waals surface area contributed by atoms with E-state index in [0.29, 0.717) is 10.0 Å². The fraction of sp³-hybridized carbons (Fsp3) is 0.571. The molecule has 0 bridgehead atoms. The first kappa shape index (κ1) is 13.8. The van der Waals surface area contributed by atoms with Crippen LogP contribution in [0.25, 0.3) is 0 Å². The summed E-state index contributed by atoms with van der Waals surface area (Å²) < 4.78 is 0. The molecule has 0 aromatic heterocycles. The quantitative estimate of drug-likeness (QED) is 0.824. The first-order chi connectivity index (χ1) is 8.61. The predicted octanol–water partition coefficient (Wildman–Crippen LogP) is 4.59. The highest BCUT2D eigenvalue weighted by Gasteiger charge is 2.20. The van der Waals surface area contributed by atoms with Crippen LogP contribution in [0.5, 0.6) is 0 Å². The molecule has 0 atom stereocenters. The summed E-state index contributed by atoms with van der Waals surface area (Å²) >= 11 is 12.0. The van der Waals surface area contributed by atoms with E-state index in [1.165, 1.54) is 25.7 Å². The van der Waals surface area contributed by atoms with E-state index >= 15 is 0 Å². The summed E-state index contributed by atoms with van der Waals surface area (Å²) in [4.78, 5) is 2.32. The molecule has 18 heavy (non-hydrogen) atoms. The number of nitrogens with zero attached hydrogens (tertiary/aromatic N) is 1. The van der Waals surface area contributed by atoms with E-state index in [0.717, 1.165) is 30.4 Å². The van der Waals surface area contributed by atoms with E-state index in [2.05, 4.69) is 11.8 Å². The van der Waals surface area contributed by atoms with Gasteiger partial charge in [0.2, 0.25) is 0 Å². The van der Waals surface area contributed by atoms with Crippen molar-refractivity contribution in [3.63, 3.8) is 0 Å². The number of anilines is 2. The molecule has 2 N–H and O–H groups in total. The van der Waals surface area contributed by atoms with Crippen molar-refractivity contribution in [2.45, 2.75) is 32.6 Å². The van der Waals surface area contributed by atoms with E-state index in [9.17, 15) is 0 Å². The zero-order valence-corrected chi connectivity index (χ0v) is 12.3. The fourth-order valence-electron chi connectivity index (χ4n) is 2.70. The molecule has 1 aromatic carbocycles. The Kier molecular flexibility index (Phi) is 4.63. The maximum absolute atomic E-state index is 6.07. The second-order valence-electron chi connectivity index (χ2n) is 5.04. The van der Waals surface area contributed by atoms with Gasteiger partial charge in [0.25, 0.3) is 0 Å². The number of nitrogen functional groups attached to an aromatic ring is 1. The Morgan fingerprint density at radius 2 is 1.83 bits per heavy atom. The van der Waals surface area contributed by atoms with Gasteiger partial charge in [0, 0.05) is 13.1 Å². The van der Waals surface area contributed by atoms with E-state index < -0.39 is 0 Å². The van der Waals surface area contributed by atoms with Crippen molar-refractivity contribution in [1.82, 2.24) is 0 Å². The van der Waals surface area contributed by atoms with Gasteiger partial charge in [-0.05, 0) is 30.9 Å². The molecule has 0 spiro atoms. The van der Waals surface area contributed by atoms with Gasteiger partial charge >= 0.3 is 0 Å². The van der Waals surface area contributed by atoms with Crippen molar-refractivity contribution in [3.8, 4) is 0 Å². The van der Waals surface area contributed by atoms with Crippen LogP contribution in [0.2, 0.25) is 10.0 Å². The van der Waals surface area contributed by atoms with Crippen LogP contribution >= 0.6 is 23.2 Å². The standard InChI is InChI=1S/C14H20Cl2N2/c1-2-3-10-4-6-18(7-5-10)14-9-12(16)11(15)8-13(14)17/h8-10H,2-7,17H2,1H3. The molecule has 0 aliphatic carbocycles. The maximum Gasteiger partial charge on any atom is 0.0615 e. The Hall–Kier alpha value is -0.600. The van der Waals surface area contributed by atoms with Crippen molar-refractivity contribution in [3.05, 3.63) is 22.2 Å². The molecule has 0 radical (unpaired) electrons. The van der Waals surface area contributed by atoms with E-state index in [1.807, 2.05) is 6.07 Å². The molecule has 100 valence electrons. The SMILES string of the molecule is CCCC1CCN(c2cc(Cl)c(Cl)cc2N)CC1. The first-order valence-electron chi connectivity index (χ1n) is 6.61. The monoisotopic (exact) mass is 286 g/mol. The molecular formula is C14H20Cl2N2. The average molecular weight is 287 g/mol. The third-order valence-electron chi connectivity index (χ3n) is 3.72. The van der Waals surface area contributed by atoms with Gasteiger partial charge in [0.15, 0.2) is 0 Å². The molecule has 1 aromatic rings. The summed E-state index contributed by atoms with van der Waals surface area (Å²) in [6, 6.07) is 3.64. The molecule has 0 saturated carbocycles. The van der Waals surface area contributed by atoms with Crippen molar-refractivity contribution in [1.29, 1.82) is 0 Å². The minimum absolute atomic E-state index is 0.527. The summed E-state index contributed by atoms with van der Waals surface area (Å²) in [5, 5.41) is 1.11. The Bertz CT molecular complexity index is 413. The second kappa shape index (κ2) is 6.03. The minimum atomic E-state index is 0.527. The molecule has 1 aliphatic rings. The van der Waals surface area contributed by atoms with E-state index in [-0.39, 0.29) is 0 Å². The lowest BCUT2D eigenvalue weighted by atomic mass is 9.92. The van der Waals surface area contributed by atoms with Crippen molar-refractivity contribution in [2.75, 3.05) is 23.7 Å². The van der Waals surface area contributed by atoms with Crippen LogP contribution < -0.4 is 10.6 Å². The number of benzene rings is 1. The lowest BCUT2D eigenvalue weighted by molar-refractivity contribution is 0.378. The molecule has 1 heterocycles. The molecule has 2 rings (SSSR count). The molecule has 1 saturated heterocycles. The molecular weight excluding hydrogens is 267 g/mol. The molecule has 4 heteroatoms. The first-order valence-corrected chi connectivity index (χ1v) is 7.37. The summed E-state index contributed by atoms with van der Waals surface area (Å²) in [6.07, 6.45) is 5.10. The molecule has 0 amide bonds. The van der Waals surface area contributed by atoms with Gasteiger partial charge in [0.05, 0.1) is 21.4 Å². The average Bonchev–Trinajstić information content (AvgIpc) is 2.35. The van der Waals surface area contributed by atoms with Crippen molar-refractivity contribution >= 4 is 34.6 Å². The third-order valence-corrected chi connectivity index (χ3v) is 4.44. The van der Waals surface area contributed by atoms with Gasteiger partial charge < -0.3 is 10.6 Å². The van der Waals surface area contributed by atoms with E-state index in [4.69, 9.17) is 28.9 Å². The van der Waals surface area contributed by atoms with Gasteiger partial charge in [-0.25, -0.2) is 0 Å². The van der Waals surface area contributed by atoms with Crippen LogP contribution in [0.3, 0.4) is 0 Å².